The van der Waals surface area contributed by atoms with Crippen LogP contribution in [0.4, 0.5) is 4.79 Å². The highest BCUT2D eigenvalue weighted by Crippen LogP contribution is 2.22. The number of urea groups is 1. The molecule has 8 N–H and O–H groups in total. The molecule has 38 heavy (non-hydrogen) atoms. The van der Waals surface area contributed by atoms with Crippen molar-refractivity contribution in [2.75, 3.05) is 0 Å². The Kier molecular flexibility index (Phi) is 7.87. The predicted octanol–water partition coefficient (Wildman–Crippen LogP) is 2.01. The van der Waals surface area contributed by atoms with Crippen molar-refractivity contribution in [1.29, 1.82) is 0 Å². The third-order valence-corrected chi connectivity index (χ3v) is 5.85. The molecule has 0 unspecified atom stereocenters. The van der Waals surface area contributed by atoms with Gasteiger partial charge in [0.25, 0.3) is 0 Å². The number of H-pyrrole nitrogens is 1. The van der Waals surface area contributed by atoms with E-state index in [1.54, 1.807) is 18.3 Å². The summed E-state index contributed by atoms with van der Waals surface area (Å²) in [6.07, 6.45) is 1.37. The Morgan fingerprint density at radius 1 is 0.974 bits per heavy atom. The van der Waals surface area contributed by atoms with Crippen molar-refractivity contribution in [1.82, 2.24) is 25.8 Å². The minimum atomic E-state index is -1.29. The summed E-state index contributed by atoms with van der Waals surface area (Å²) in [5, 5.41) is 41.7. The van der Waals surface area contributed by atoms with Gasteiger partial charge in [0, 0.05) is 23.5 Å². The SMILES string of the molecule is N[C@@H](Cc1ccc(O)cc1)c1nnc([C@H](CC(=O)O)NC(=O)N[C@@H](Cc2c[nH]c3ccccc23)C(=O)O)o1. The van der Waals surface area contributed by atoms with Gasteiger partial charge in [-0.1, -0.05) is 30.3 Å². The highest BCUT2D eigenvalue weighted by atomic mass is 16.4. The molecule has 4 aromatic rings. The van der Waals surface area contributed by atoms with Gasteiger partial charge < -0.3 is 41.1 Å². The predicted molar refractivity (Wildman–Crippen MR) is 133 cm³/mol. The van der Waals surface area contributed by atoms with Gasteiger partial charge in [0.15, 0.2) is 0 Å². The highest BCUT2D eigenvalue weighted by molar-refractivity contribution is 5.86. The lowest BCUT2D eigenvalue weighted by Gasteiger charge is -2.18. The molecule has 3 atom stereocenters. The number of hydrogen-bond donors (Lipinski definition) is 7. The number of nitrogens with one attached hydrogen (secondary N) is 3. The van der Waals surface area contributed by atoms with Crippen molar-refractivity contribution < 1.29 is 34.1 Å². The number of fused-ring (bicyclic) bond motifs is 1. The number of carboxylic acid groups (broad SMARTS) is 2. The van der Waals surface area contributed by atoms with E-state index < -0.39 is 42.5 Å². The molecule has 2 heterocycles. The van der Waals surface area contributed by atoms with Gasteiger partial charge in [0.05, 0.1) is 12.5 Å². The number of nitrogens with two attached hydrogens (primary N) is 1. The second-order valence-corrected chi connectivity index (χ2v) is 8.68. The molecule has 0 aliphatic carbocycles. The summed E-state index contributed by atoms with van der Waals surface area (Å²) in [4.78, 5) is 39.1. The molecular weight excluding hydrogens is 496 g/mol. The minimum Gasteiger partial charge on any atom is -0.508 e. The molecule has 0 aliphatic heterocycles. The molecule has 4 rings (SSSR count). The van der Waals surface area contributed by atoms with Crippen LogP contribution in [-0.4, -0.2) is 54.5 Å². The van der Waals surface area contributed by atoms with Crippen molar-refractivity contribution in [3.05, 3.63) is 77.6 Å². The van der Waals surface area contributed by atoms with E-state index in [9.17, 15) is 29.7 Å². The van der Waals surface area contributed by atoms with Crippen LogP contribution < -0.4 is 16.4 Å². The number of carboxylic acids is 2. The fraction of sp³-hybridized carbons (Fsp3) is 0.240. The van der Waals surface area contributed by atoms with Crippen LogP contribution in [-0.2, 0) is 22.4 Å². The first kappa shape index (κ1) is 26.2. The number of aromatic nitrogens is 3. The lowest BCUT2D eigenvalue weighted by atomic mass is 10.1. The Labute approximate surface area is 215 Å². The molecule has 13 heteroatoms. The average Bonchev–Trinajstić information content (AvgIpc) is 3.52. The Balaban J connectivity index is 1.43. The molecule has 0 bridgehead atoms. The van der Waals surface area contributed by atoms with E-state index in [1.807, 2.05) is 24.3 Å². The lowest BCUT2D eigenvalue weighted by Crippen LogP contribution is -2.48. The van der Waals surface area contributed by atoms with Crippen LogP contribution in [0.25, 0.3) is 10.9 Å². The third kappa shape index (κ3) is 6.44. The number of rotatable bonds is 11. The van der Waals surface area contributed by atoms with Crippen molar-refractivity contribution in [2.24, 2.45) is 5.73 Å². The van der Waals surface area contributed by atoms with Crippen LogP contribution in [0.3, 0.4) is 0 Å². The van der Waals surface area contributed by atoms with Gasteiger partial charge in [-0.15, -0.1) is 10.2 Å². The average molecular weight is 523 g/mol. The zero-order valence-corrected chi connectivity index (χ0v) is 20.0. The third-order valence-electron chi connectivity index (χ3n) is 5.85. The van der Waals surface area contributed by atoms with E-state index in [-0.39, 0.29) is 24.0 Å². The highest BCUT2D eigenvalue weighted by Gasteiger charge is 2.28. The molecule has 2 aromatic heterocycles. The van der Waals surface area contributed by atoms with Crippen molar-refractivity contribution in [3.8, 4) is 5.75 Å². The molecule has 0 radical (unpaired) electrons. The van der Waals surface area contributed by atoms with Gasteiger partial charge in [-0.3, -0.25) is 4.79 Å². The van der Waals surface area contributed by atoms with Gasteiger partial charge in [-0.05, 0) is 35.7 Å². The van der Waals surface area contributed by atoms with Gasteiger partial charge in [0.1, 0.15) is 17.8 Å². The van der Waals surface area contributed by atoms with Gasteiger partial charge in [-0.25, -0.2) is 9.59 Å². The second-order valence-electron chi connectivity index (χ2n) is 8.68. The van der Waals surface area contributed by atoms with E-state index in [0.29, 0.717) is 12.0 Å². The lowest BCUT2D eigenvalue weighted by molar-refractivity contribution is -0.139. The molecule has 13 nitrogen and oxygen atoms in total. The number of aliphatic carboxylic acids is 2. The van der Waals surface area contributed by atoms with Crippen LogP contribution in [0.5, 0.6) is 5.75 Å². The van der Waals surface area contributed by atoms with E-state index in [1.165, 1.54) is 12.1 Å². The summed E-state index contributed by atoms with van der Waals surface area (Å²) >= 11 is 0. The zero-order valence-electron chi connectivity index (χ0n) is 20.0. The quantitative estimate of drug-likeness (QED) is 0.152. The van der Waals surface area contributed by atoms with Crippen LogP contribution in [0.15, 0.2) is 59.1 Å². The van der Waals surface area contributed by atoms with Crippen LogP contribution >= 0.6 is 0 Å². The summed E-state index contributed by atoms with van der Waals surface area (Å²) in [6, 6.07) is 9.55. The van der Waals surface area contributed by atoms with Crippen molar-refractivity contribution in [2.45, 2.75) is 37.4 Å². The molecule has 0 saturated heterocycles. The summed E-state index contributed by atoms with van der Waals surface area (Å²) in [6.45, 7) is 0. The number of para-hydroxylation sites is 1. The fourth-order valence-electron chi connectivity index (χ4n) is 3.96. The number of nitrogens with zero attached hydrogens (tertiary/aromatic N) is 2. The minimum absolute atomic E-state index is 0.00676. The van der Waals surface area contributed by atoms with E-state index in [4.69, 9.17) is 10.2 Å². The molecule has 0 fully saturated rings. The zero-order chi connectivity index (χ0) is 27.2. The molecule has 0 spiro atoms. The number of phenols is 1. The number of amides is 2. The number of phenolic OH excluding ortho intramolecular Hbond substituents is 1. The maximum Gasteiger partial charge on any atom is 0.326 e. The first-order valence-corrected chi connectivity index (χ1v) is 11.6. The monoisotopic (exact) mass is 522 g/mol. The van der Waals surface area contributed by atoms with Crippen LogP contribution in [0.2, 0.25) is 0 Å². The van der Waals surface area contributed by atoms with Crippen molar-refractivity contribution >= 4 is 28.9 Å². The number of aromatic amines is 1. The van der Waals surface area contributed by atoms with Crippen LogP contribution in [0.1, 0.15) is 41.4 Å². The molecule has 198 valence electrons. The Morgan fingerprint density at radius 3 is 2.39 bits per heavy atom. The summed E-state index contributed by atoms with van der Waals surface area (Å²) < 4.78 is 5.57. The number of carbonyl (C=O) groups excluding carboxylic acids is 1. The topological polar surface area (TPSA) is 217 Å². The molecule has 2 aromatic carbocycles. The smallest absolute Gasteiger partial charge is 0.326 e. The van der Waals surface area contributed by atoms with Gasteiger partial charge in [0.2, 0.25) is 11.8 Å². The van der Waals surface area contributed by atoms with E-state index in [2.05, 4.69) is 25.8 Å². The number of benzene rings is 2. The number of hydrogen-bond acceptors (Lipinski definition) is 8. The summed E-state index contributed by atoms with van der Waals surface area (Å²) in [5.74, 6) is -2.58. The van der Waals surface area contributed by atoms with Crippen LogP contribution in [0, 0.1) is 0 Å². The second kappa shape index (κ2) is 11.4. The molecular formula is C25H26N6O7. The normalized spacial score (nSPS) is 13.5. The molecule has 0 saturated carbocycles. The summed E-state index contributed by atoms with van der Waals surface area (Å²) in [7, 11) is 0. The largest absolute Gasteiger partial charge is 0.508 e. The number of carbonyl (C=O) groups is 3. The standard InChI is InChI=1S/C25H26N6O7/c26-17(9-13-5-7-15(32)8-6-13)22-30-31-23(38-22)19(11-21(33)34)28-25(37)29-20(24(35)36)10-14-12-27-18-4-2-1-3-16(14)18/h1-8,12,17,19-20,27,32H,9-11,26H2,(H,33,34)(H,35,36)(H2,28,29,37)/t17-,19-,20-/m0/s1. The number of aromatic hydroxyl groups is 1. The fourth-order valence-corrected chi connectivity index (χ4v) is 3.96. The Hall–Kier alpha value is -4.91. The van der Waals surface area contributed by atoms with Crippen molar-refractivity contribution in [3.63, 3.8) is 0 Å². The van der Waals surface area contributed by atoms with E-state index >= 15 is 0 Å². The van der Waals surface area contributed by atoms with Gasteiger partial charge >= 0.3 is 18.0 Å². The summed E-state index contributed by atoms with van der Waals surface area (Å²) in [5.41, 5.74) is 8.46. The Morgan fingerprint density at radius 2 is 1.68 bits per heavy atom. The Bertz CT molecular complexity index is 1430. The first-order chi connectivity index (χ1) is 18.2. The maximum absolute atomic E-state index is 12.7. The van der Waals surface area contributed by atoms with Gasteiger partial charge in [-0.2, -0.15) is 0 Å². The molecule has 0 aliphatic rings. The molecule has 2 amide bonds. The first-order valence-electron chi connectivity index (χ1n) is 11.6. The maximum atomic E-state index is 12.7. The van der Waals surface area contributed by atoms with E-state index in [0.717, 1.165) is 16.5 Å².